The number of nitrogen functional groups attached to an aromatic ring is 1. The summed E-state index contributed by atoms with van der Waals surface area (Å²) < 4.78 is 29.0. The molecule has 4 aromatic rings. The van der Waals surface area contributed by atoms with Gasteiger partial charge in [0.25, 0.3) is 11.8 Å². The highest BCUT2D eigenvalue weighted by molar-refractivity contribution is 7.14. The number of hydrogen-bond donors (Lipinski definition) is 22. The average molecular weight is 1440 g/mol. The molecule has 2 saturated heterocycles. The van der Waals surface area contributed by atoms with Crippen LogP contribution in [0.5, 0.6) is 0 Å². The van der Waals surface area contributed by atoms with Gasteiger partial charge in [0.2, 0.25) is 23.6 Å². The minimum Gasteiger partial charge on any atom is -0.441 e. The van der Waals surface area contributed by atoms with E-state index in [1.165, 1.54) is 50.4 Å². The number of thiazole rings is 2. The summed E-state index contributed by atoms with van der Waals surface area (Å²) in [7, 11) is 1.08. The summed E-state index contributed by atoms with van der Waals surface area (Å²) in [5.74, 6) is -7.31. The van der Waals surface area contributed by atoms with Gasteiger partial charge in [-0.05, 0) is 46.7 Å². The molecule has 552 valence electrons. The number of aliphatic hydroxyl groups is 10. The van der Waals surface area contributed by atoms with Gasteiger partial charge in [0, 0.05) is 68.4 Å². The quantitative estimate of drug-likeness (QED) is 0.0146. The molecule has 42 heteroatoms. The van der Waals surface area contributed by atoms with Crippen molar-refractivity contribution >= 4 is 70.0 Å². The largest absolute Gasteiger partial charge is 0.441 e. The Kier molecular flexibility index (Phi) is 30.9. The van der Waals surface area contributed by atoms with E-state index in [0.717, 1.165) is 24.5 Å². The van der Waals surface area contributed by atoms with Crippen LogP contribution in [0.2, 0.25) is 0 Å². The van der Waals surface area contributed by atoms with Gasteiger partial charge >= 0.3 is 6.09 Å². The van der Waals surface area contributed by atoms with Crippen LogP contribution in [0.15, 0.2) is 23.3 Å². The first-order chi connectivity index (χ1) is 46.9. The van der Waals surface area contributed by atoms with Crippen LogP contribution < -0.4 is 60.6 Å². The van der Waals surface area contributed by atoms with Crippen molar-refractivity contribution in [3.63, 3.8) is 0 Å². The van der Waals surface area contributed by atoms with Crippen LogP contribution in [-0.2, 0) is 49.3 Å². The molecule has 0 aliphatic carbocycles. The van der Waals surface area contributed by atoms with E-state index in [9.17, 15) is 69.9 Å². The van der Waals surface area contributed by atoms with Crippen molar-refractivity contribution in [1.82, 2.24) is 66.7 Å². The van der Waals surface area contributed by atoms with Gasteiger partial charge in [-0.2, -0.15) is 0 Å². The third-order valence-corrected chi connectivity index (χ3v) is 17.9. The highest BCUT2D eigenvalue weighted by Crippen LogP contribution is 2.36. The molecule has 0 radical (unpaired) electrons. The second-order valence-corrected chi connectivity index (χ2v) is 25.3. The molecule has 0 aromatic carbocycles. The third kappa shape index (κ3) is 21.6. The van der Waals surface area contributed by atoms with E-state index < -0.39 is 183 Å². The van der Waals surface area contributed by atoms with Gasteiger partial charge in [-0.25, -0.2) is 29.7 Å². The molecule has 4 aromatic heterocycles. The van der Waals surface area contributed by atoms with Gasteiger partial charge in [-0.1, -0.05) is 6.92 Å². The van der Waals surface area contributed by atoms with E-state index in [1.54, 1.807) is 10.8 Å². The molecule has 99 heavy (non-hydrogen) atoms. The third-order valence-electron chi connectivity index (χ3n) is 16.2. The number of likely N-dealkylation sites (N-methyl/N-ethyl adjacent to an activating group) is 1. The number of carbonyl (C=O) groups is 7. The van der Waals surface area contributed by atoms with Gasteiger partial charge in [0.15, 0.2) is 18.7 Å². The minimum atomic E-state index is -2.19. The normalized spacial score (nSPS) is 24.0. The molecule has 2 fully saturated rings. The smallest absolute Gasteiger partial charge is 0.404 e. The van der Waals surface area contributed by atoms with Crippen LogP contribution in [0.4, 0.5) is 10.6 Å². The molecule has 6 rings (SSSR count). The zero-order valence-electron chi connectivity index (χ0n) is 54.6. The molecule has 0 bridgehead atoms. The Morgan fingerprint density at radius 1 is 0.808 bits per heavy atom. The Hall–Kier alpha value is -7.28. The average Bonchev–Trinajstić information content (AvgIpc) is 1.13. The summed E-state index contributed by atoms with van der Waals surface area (Å²) in [6.45, 7) is 4.72. The van der Waals surface area contributed by atoms with Crippen molar-refractivity contribution in [3.05, 3.63) is 56.8 Å². The van der Waals surface area contributed by atoms with Crippen molar-refractivity contribution in [2.75, 3.05) is 65.3 Å². The molecule has 2 aliphatic rings. The number of imidazole rings is 1. The van der Waals surface area contributed by atoms with Gasteiger partial charge in [0.05, 0.1) is 66.8 Å². The van der Waals surface area contributed by atoms with Gasteiger partial charge < -0.3 is 140 Å². The zero-order valence-corrected chi connectivity index (χ0v) is 56.2. The summed E-state index contributed by atoms with van der Waals surface area (Å²) in [6, 6.07) is -7.63. The Morgan fingerprint density at radius 2 is 1.49 bits per heavy atom. The molecule has 2 aliphatic heterocycles. The van der Waals surface area contributed by atoms with Crippen LogP contribution in [0, 0.1) is 12.8 Å². The first kappa shape index (κ1) is 80.7. The predicted octanol–water partition coefficient (Wildman–Crippen LogP) is -8.48. The fourth-order valence-corrected chi connectivity index (χ4v) is 12.0. The fourth-order valence-electron chi connectivity index (χ4n) is 10.4. The highest BCUT2D eigenvalue weighted by Gasteiger charge is 2.54. The number of carbonyl (C=O) groups excluding carboxylic acids is 7. The maximum absolute atomic E-state index is 15.4. The Balaban J connectivity index is 1.26. The topological polar surface area (TPSA) is 654 Å². The van der Waals surface area contributed by atoms with Crippen LogP contribution in [-0.4, -0.2) is 291 Å². The molecule has 7 amide bonds. The number of H-pyrrole nitrogens is 1. The van der Waals surface area contributed by atoms with Crippen LogP contribution in [0.25, 0.3) is 10.7 Å². The monoisotopic (exact) mass is 1440 g/mol. The van der Waals surface area contributed by atoms with Crippen molar-refractivity contribution in [3.8, 4) is 10.7 Å². The zero-order chi connectivity index (χ0) is 73.1. The maximum Gasteiger partial charge on any atom is 0.404 e. The molecule has 27 N–H and O–H groups in total. The highest BCUT2D eigenvalue weighted by atomic mass is 32.1. The number of aromatic amines is 1. The van der Waals surface area contributed by atoms with Crippen LogP contribution in [0.1, 0.15) is 95.2 Å². The van der Waals surface area contributed by atoms with Crippen molar-refractivity contribution in [2.45, 2.75) is 170 Å². The molecule has 20 atom stereocenters. The Labute approximate surface area is 574 Å². The Bertz CT molecular complexity index is 3290. The SMILES string of the molecule is Cc1c(N)nc(C(CC(N)=O)NCC(N)C(N)=O)nc1C(=O)N(C)C(C(=O)NC(C)C(O)C(C)C(O)NC(C(=O)NCCc1nc(-c2nc(C(=O)NCCCNCCCO)cs2)cs1)C(C)O)C(OC1OC(CO)C(O)C(O)C1OC1OC(CO)C(O)C(OC(N)=O)C1O)c1cnc[nH]1. The lowest BCUT2D eigenvalue weighted by Gasteiger charge is -2.47. The summed E-state index contributed by atoms with van der Waals surface area (Å²) in [5.41, 5.74) is 28.3. The number of hydrogen-bond acceptors (Lipinski definition) is 34. The number of amides is 7. The molecule has 20 unspecified atom stereocenters. The summed E-state index contributed by atoms with van der Waals surface area (Å²) in [4.78, 5) is 119. The van der Waals surface area contributed by atoms with Crippen LogP contribution in [0.3, 0.4) is 0 Å². The van der Waals surface area contributed by atoms with E-state index in [2.05, 4.69) is 61.8 Å². The fraction of sp³-hybridized carbons (Fsp3) is 0.649. The summed E-state index contributed by atoms with van der Waals surface area (Å²) in [5, 5.41) is 130. The summed E-state index contributed by atoms with van der Waals surface area (Å²) in [6.07, 6.45) is -25.3. The number of nitrogens with two attached hydrogens (primary N) is 5. The maximum atomic E-state index is 15.4. The number of aliphatic hydroxyl groups excluding tert-OH is 10. The van der Waals surface area contributed by atoms with Gasteiger partial charge in [0.1, 0.15) is 101 Å². The Morgan fingerprint density at radius 3 is 2.13 bits per heavy atom. The van der Waals surface area contributed by atoms with E-state index in [1.807, 2.05) is 0 Å². The van der Waals surface area contributed by atoms with Gasteiger partial charge in [-0.15, -0.1) is 22.7 Å². The molecule has 0 spiro atoms. The number of rotatable bonds is 39. The summed E-state index contributed by atoms with van der Waals surface area (Å²) >= 11 is 2.50. The van der Waals surface area contributed by atoms with E-state index in [4.69, 9.17) is 57.5 Å². The molecular formula is C57H90N18O22S2. The standard InChI is InChI=1S/C57H90N18O22S2/c1-22-35(72-48(74-46(22)60)27(14-33(59)80)67-15-26(58)47(61)86)54(91)75(5)37(43(28-16-64-21-68-28)95-56-45(41(84)39(82)31(17-77)94-56)96-55-42(85)44(97-57(62)92)40(83)32(18-78)93-55)52(90)69-24(3)38(81)23(2)49(87)73-36(25(4)79)51(89)66-12-8-34-70-30(20-98-34)53-71-29(19-99-53)50(88)65-11-6-9-63-10-7-13-76/h16,19-21,23-27,31-32,36-45,49,55-56,63,67,73,76-79,81-85,87H,6-15,17-18,58H2,1-5H3,(H2,59,80)(H2,61,86)(H2,62,92)(H,64,68)(H,65,88)(H,66,89)(H,69,90)(H2,60,72,74). The van der Waals surface area contributed by atoms with Gasteiger partial charge in [-0.3, -0.25) is 34.1 Å². The first-order valence-electron chi connectivity index (χ1n) is 31.3. The second kappa shape index (κ2) is 37.9. The number of primary amides is 3. The van der Waals surface area contributed by atoms with Crippen molar-refractivity contribution < 1.29 is 108 Å². The van der Waals surface area contributed by atoms with Crippen LogP contribution >= 0.6 is 22.7 Å². The first-order valence-corrected chi connectivity index (χ1v) is 33.0. The lowest BCUT2D eigenvalue weighted by Crippen LogP contribution is -2.65. The lowest BCUT2D eigenvalue weighted by atomic mass is 9.95. The minimum absolute atomic E-state index is 0.00913. The van der Waals surface area contributed by atoms with E-state index in [0.29, 0.717) is 48.2 Å². The second-order valence-electron chi connectivity index (χ2n) is 23.5. The number of aromatic nitrogens is 6. The lowest BCUT2D eigenvalue weighted by molar-refractivity contribution is -0.372. The predicted molar refractivity (Wildman–Crippen MR) is 345 cm³/mol. The molecule has 6 heterocycles. The molecular weight excluding hydrogens is 1350 g/mol. The van der Waals surface area contributed by atoms with Crippen molar-refractivity contribution in [1.29, 1.82) is 0 Å². The number of ether oxygens (including phenoxy) is 5. The number of anilines is 1. The molecule has 0 saturated carbocycles. The molecule has 40 nitrogen and oxygen atoms in total. The number of nitrogens with zero attached hydrogens (tertiary/aromatic N) is 6. The van der Waals surface area contributed by atoms with E-state index in [-0.39, 0.29) is 60.6 Å². The van der Waals surface area contributed by atoms with E-state index >= 15 is 9.59 Å². The number of nitrogens with one attached hydrogen (secondary N) is 7. The van der Waals surface area contributed by atoms with Crippen molar-refractivity contribution in [2.24, 2.45) is 28.9 Å².